The van der Waals surface area contributed by atoms with Crippen molar-refractivity contribution in [3.8, 4) is 5.88 Å². The number of likely N-dealkylation sites (N-methyl/N-ethyl adjacent to an activating group) is 1. The van der Waals surface area contributed by atoms with Crippen molar-refractivity contribution in [2.45, 2.75) is 13.3 Å². The topological polar surface area (TPSA) is 83.6 Å². The van der Waals surface area contributed by atoms with Gasteiger partial charge in [-0.1, -0.05) is 25.1 Å². The quantitative estimate of drug-likeness (QED) is 0.845. The predicted molar refractivity (Wildman–Crippen MR) is 96.9 cm³/mol. The van der Waals surface area contributed by atoms with Crippen molar-refractivity contribution in [2.75, 3.05) is 31.3 Å². The van der Waals surface area contributed by atoms with Gasteiger partial charge in [0.1, 0.15) is 6.54 Å². The molecular formula is C18H22N4O3. The highest BCUT2D eigenvalue weighted by molar-refractivity contribution is 5.97. The Balaban J connectivity index is 1.90. The second kappa shape index (κ2) is 8.68. The number of carbonyl (C=O) groups is 2. The van der Waals surface area contributed by atoms with Crippen LogP contribution in [-0.4, -0.2) is 42.5 Å². The van der Waals surface area contributed by atoms with Gasteiger partial charge in [0, 0.05) is 18.8 Å². The Kier molecular flexibility index (Phi) is 6.33. The van der Waals surface area contributed by atoms with E-state index in [4.69, 9.17) is 4.74 Å². The monoisotopic (exact) mass is 342 g/mol. The van der Waals surface area contributed by atoms with Crippen molar-refractivity contribution in [1.29, 1.82) is 0 Å². The molecule has 1 heterocycles. The number of hydrogen-bond acceptors (Lipinski definition) is 4. The van der Waals surface area contributed by atoms with Gasteiger partial charge in [0.25, 0.3) is 0 Å². The summed E-state index contributed by atoms with van der Waals surface area (Å²) in [4.78, 5) is 29.6. The van der Waals surface area contributed by atoms with E-state index in [1.165, 1.54) is 18.2 Å². The molecule has 0 aliphatic heterocycles. The molecule has 2 N–H and O–H groups in total. The van der Waals surface area contributed by atoms with Crippen LogP contribution in [0.5, 0.6) is 5.88 Å². The maximum atomic E-state index is 12.2. The second-order valence-corrected chi connectivity index (χ2v) is 5.43. The SMILES string of the molecule is CCc1ccccc1NC(=O)CN(C)C(=O)Nc1ccc(OC)nc1. The van der Waals surface area contributed by atoms with Gasteiger partial charge in [-0.2, -0.15) is 0 Å². The molecule has 1 aromatic carbocycles. The number of urea groups is 1. The number of aryl methyl sites for hydroxylation is 1. The molecule has 0 radical (unpaired) electrons. The first-order valence-electron chi connectivity index (χ1n) is 7.93. The number of rotatable bonds is 6. The first kappa shape index (κ1) is 18.3. The second-order valence-electron chi connectivity index (χ2n) is 5.43. The van der Waals surface area contributed by atoms with Crippen LogP contribution in [0.2, 0.25) is 0 Å². The van der Waals surface area contributed by atoms with Crippen molar-refractivity contribution >= 4 is 23.3 Å². The molecule has 0 saturated carbocycles. The molecule has 132 valence electrons. The summed E-state index contributed by atoms with van der Waals surface area (Å²) in [5.41, 5.74) is 2.34. The van der Waals surface area contributed by atoms with E-state index in [1.54, 1.807) is 19.2 Å². The van der Waals surface area contributed by atoms with E-state index in [1.807, 2.05) is 31.2 Å². The number of nitrogens with one attached hydrogen (secondary N) is 2. The van der Waals surface area contributed by atoms with Gasteiger partial charge in [-0.05, 0) is 24.1 Å². The van der Waals surface area contributed by atoms with E-state index < -0.39 is 6.03 Å². The van der Waals surface area contributed by atoms with Gasteiger partial charge in [-0.3, -0.25) is 4.79 Å². The highest BCUT2D eigenvalue weighted by atomic mass is 16.5. The molecule has 7 heteroatoms. The molecule has 0 spiro atoms. The first-order valence-corrected chi connectivity index (χ1v) is 7.93. The Labute approximate surface area is 147 Å². The molecule has 0 saturated heterocycles. The average molecular weight is 342 g/mol. The van der Waals surface area contributed by atoms with Gasteiger partial charge < -0.3 is 20.3 Å². The fourth-order valence-corrected chi connectivity index (χ4v) is 2.22. The summed E-state index contributed by atoms with van der Waals surface area (Å²) in [6, 6.07) is 10.5. The van der Waals surface area contributed by atoms with Crippen molar-refractivity contribution < 1.29 is 14.3 Å². The van der Waals surface area contributed by atoms with Crippen LogP contribution in [0.25, 0.3) is 0 Å². The molecule has 25 heavy (non-hydrogen) atoms. The number of para-hydroxylation sites is 1. The number of amides is 3. The Bertz CT molecular complexity index is 731. The van der Waals surface area contributed by atoms with Gasteiger partial charge in [-0.25, -0.2) is 9.78 Å². The minimum Gasteiger partial charge on any atom is -0.481 e. The number of anilines is 2. The third kappa shape index (κ3) is 5.20. The molecule has 0 bridgehead atoms. The van der Waals surface area contributed by atoms with Crippen molar-refractivity contribution in [1.82, 2.24) is 9.88 Å². The summed E-state index contributed by atoms with van der Waals surface area (Å²) in [5.74, 6) is 0.201. The van der Waals surface area contributed by atoms with Crippen LogP contribution < -0.4 is 15.4 Å². The lowest BCUT2D eigenvalue weighted by atomic mass is 10.1. The first-order chi connectivity index (χ1) is 12.0. The lowest BCUT2D eigenvalue weighted by Gasteiger charge is -2.18. The van der Waals surface area contributed by atoms with Crippen LogP contribution in [-0.2, 0) is 11.2 Å². The van der Waals surface area contributed by atoms with E-state index in [0.29, 0.717) is 11.6 Å². The third-order valence-electron chi connectivity index (χ3n) is 3.60. The molecule has 0 aliphatic carbocycles. The largest absolute Gasteiger partial charge is 0.481 e. The summed E-state index contributed by atoms with van der Waals surface area (Å²) in [6.07, 6.45) is 2.30. The molecule has 0 unspecified atom stereocenters. The third-order valence-corrected chi connectivity index (χ3v) is 3.60. The number of nitrogens with zero attached hydrogens (tertiary/aromatic N) is 2. The molecule has 2 aromatic rings. The fourth-order valence-electron chi connectivity index (χ4n) is 2.22. The van der Waals surface area contributed by atoms with Crippen LogP contribution in [0.1, 0.15) is 12.5 Å². The Morgan fingerprint density at radius 3 is 2.56 bits per heavy atom. The van der Waals surface area contributed by atoms with Crippen LogP contribution in [0, 0.1) is 0 Å². The molecule has 7 nitrogen and oxygen atoms in total. The predicted octanol–water partition coefficient (Wildman–Crippen LogP) is 2.76. The van der Waals surface area contributed by atoms with E-state index in [2.05, 4.69) is 15.6 Å². The maximum absolute atomic E-state index is 12.2. The molecule has 0 fully saturated rings. The molecule has 2 rings (SSSR count). The minimum atomic E-state index is -0.397. The zero-order valence-electron chi connectivity index (χ0n) is 14.6. The van der Waals surface area contributed by atoms with Crippen LogP contribution in [0.3, 0.4) is 0 Å². The summed E-state index contributed by atoms with van der Waals surface area (Å²) < 4.78 is 4.96. The van der Waals surface area contributed by atoms with E-state index in [-0.39, 0.29) is 12.5 Å². The van der Waals surface area contributed by atoms with Gasteiger partial charge >= 0.3 is 6.03 Å². The highest BCUT2D eigenvalue weighted by Gasteiger charge is 2.14. The Morgan fingerprint density at radius 1 is 1.16 bits per heavy atom. The highest BCUT2D eigenvalue weighted by Crippen LogP contribution is 2.15. The number of pyridine rings is 1. The van der Waals surface area contributed by atoms with E-state index in [0.717, 1.165) is 17.7 Å². The molecule has 0 atom stereocenters. The summed E-state index contributed by atoms with van der Waals surface area (Å²) in [6.45, 7) is 1.96. The van der Waals surface area contributed by atoms with Crippen LogP contribution in [0.15, 0.2) is 42.6 Å². The molecule has 0 aliphatic rings. The van der Waals surface area contributed by atoms with Gasteiger partial charge in [-0.15, -0.1) is 0 Å². The molecule has 3 amide bonds. The summed E-state index contributed by atoms with van der Waals surface area (Å²) >= 11 is 0. The van der Waals surface area contributed by atoms with E-state index >= 15 is 0 Å². The number of benzene rings is 1. The molecule has 1 aromatic heterocycles. The fraction of sp³-hybridized carbons (Fsp3) is 0.278. The minimum absolute atomic E-state index is 0.0620. The van der Waals surface area contributed by atoms with Gasteiger partial charge in [0.15, 0.2) is 0 Å². The number of aromatic nitrogens is 1. The van der Waals surface area contributed by atoms with Crippen molar-refractivity contribution in [3.05, 3.63) is 48.2 Å². The van der Waals surface area contributed by atoms with Crippen molar-refractivity contribution in [3.63, 3.8) is 0 Å². The van der Waals surface area contributed by atoms with E-state index in [9.17, 15) is 9.59 Å². The summed E-state index contributed by atoms with van der Waals surface area (Å²) in [7, 11) is 3.07. The summed E-state index contributed by atoms with van der Waals surface area (Å²) in [5, 5.41) is 5.51. The Morgan fingerprint density at radius 2 is 1.92 bits per heavy atom. The molecular weight excluding hydrogens is 320 g/mol. The Hall–Kier alpha value is -3.09. The lowest BCUT2D eigenvalue weighted by molar-refractivity contribution is -0.116. The number of hydrogen-bond donors (Lipinski definition) is 2. The number of ether oxygens (including phenoxy) is 1. The standard InChI is InChI=1S/C18H22N4O3/c1-4-13-7-5-6-8-15(13)21-16(23)12-22(2)18(24)20-14-9-10-17(25-3)19-11-14/h5-11H,4,12H2,1-3H3,(H,20,24)(H,21,23). The lowest BCUT2D eigenvalue weighted by Crippen LogP contribution is -2.37. The smallest absolute Gasteiger partial charge is 0.322 e. The van der Waals surface area contributed by atoms with Gasteiger partial charge in [0.2, 0.25) is 11.8 Å². The number of carbonyl (C=O) groups excluding carboxylic acids is 2. The van der Waals surface area contributed by atoms with Gasteiger partial charge in [0.05, 0.1) is 19.0 Å². The van der Waals surface area contributed by atoms with Crippen molar-refractivity contribution in [2.24, 2.45) is 0 Å². The normalized spacial score (nSPS) is 10.0. The average Bonchev–Trinajstić information content (AvgIpc) is 2.62. The maximum Gasteiger partial charge on any atom is 0.322 e. The van der Waals surface area contributed by atoms with Crippen LogP contribution in [0.4, 0.5) is 16.2 Å². The zero-order valence-corrected chi connectivity index (χ0v) is 14.6. The zero-order chi connectivity index (χ0) is 18.2. The van der Waals surface area contributed by atoms with Crippen LogP contribution >= 0.6 is 0 Å². The number of methoxy groups -OCH3 is 1.